The molecule has 0 radical (unpaired) electrons. The lowest BCUT2D eigenvalue weighted by Crippen LogP contribution is -2.21. The van der Waals surface area contributed by atoms with Gasteiger partial charge >= 0.3 is 0 Å². The number of rotatable bonds is 7. The number of aromatic nitrogens is 3. The number of carbonyl (C=O) groups excluding carboxylic acids is 1. The molecule has 160 valence electrons. The number of para-hydroxylation sites is 2. The maximum atomic E-state index is 12.7. The highest BCUT2D eigenvalue weighted by Gasteiger charge is 2.21. The first-order chi connectivity index (χ1) is 14.8. The van der Waals surface area contributed by atoms with E-state index in [-0.39, 0.29) is 17.6 Å². The highest BCUT2D eigenvalue weighted by Crippen LogP contribution is 2.26. The standard InChI is InChI=1S/C22H22N4O3S2/c1-3-6-15-9-11-16(12-10-15)18-14-30-21(23-18)25-20(27)13-26-19-8-5-4-7-17(19)24-22(26)31(2,28)29/h4-5,7-12,14H,3,6,13H2,1-2H3,(H,23,25,27). The zero-order valence-electron chi connectivity index (χ0n) is 17.2. The van der Waals surface area contributed by atoms with Crippen LogP contribution in [0.4, 0.5) is 5.13 Å². The summed E-state index contributed by atoms with van der Waals surface area (Å²) in [7, 11) is -3.59. The van der Waals surface area contributed by atoms with Crippen LogP contribution >= 0.6 is 11.3 Å². The van der Waals surface area contributed by atoms with Crippen molar-refractivity contribution in [1.82, 2.24) is 14.5 Å². The fourth-order valence-corrected chi connectivity index (χ4v) is 4.95. The normalized spacial score (nSPS) is 11.7. The monoisotopic (exact) mass is 454 g/mol. The fourth-order valence-electron chi connectivity index (χ4n) is 3.39. The van der Waals surface area contributed by atoms with Gasteiger partial charge in [-0.15, -0.1) is 11.3 Å². The van der Waals surface area contributed by atoms with Crippen molar-refractivity contribution < 1.29 is 13.2 Å². The topological polar surface area (TPSA) is 94.0 Å². The van der Waals surface area contributed by atoms with Gasteiger partial charge in [-0.25, -0.2) is 18.4 Å². The number of anilines is 1. The molecule has 0 fully saturated rings. The first-order valence-electron chi connectivity index (χ1n) is 9.85. The average Bonchev–Trinajstić information content (AvgIpc) is 3.34. The molecule has 1 amide bonds. The van der Waals surface area contributed by atoms with Crippen LogP contribution in [0.25, 0.3) is 22.3 Å². The lowest BCUT2D eigenvalue weighted by molar-refractivity contribution is -0.116. The molecular formula is C22H22N4O3S2. The Bertz CT molecular complexity index is 1340. The van der Waals surface area contributed by atoms with E-state index in [1.165, 1.54) is 21.5 Å². The highest BCUT2D eigenvalue weighted by molar-refractivity contribution is 7.90. The van der Waals surface area contributed by atoms with Crippen molar-refractivity contribution in [3.8, 4) is 11.3 Å². The molecule has 0 saturated carbocycles. The maximum absolute atomic E-state index is 12.7. The van der Waals surface area contributed by atoms with Gasteiger partial charge in [0, 0.05) is 17.2 Å². The predicted molar refractivity (Wildman–Crippen MR) is 123 cm³/mol. The van der Waals surface area contributed by atoms with E-state index in [9.17, 15) is 13.2 Å². The number of aryl methyl sites for hydroxylation is 1. The molecule has 4 rings (SSSR count). The van der Waals surface area contributed by atoms with E-state index in [1.54, 1.807) is 24.3 Å². The zero-order valence-corrected chi connectivity index (χ0v) is 18.8. The predicted octanol–water partition coefficient (Wildman–Crippen LogP) is 4.15. The molecule has 0 aliphatic heterocycles. The lowest BCUT2D eigenvalue weighted by Gasteiger charge is -2.07. The molecule has 9 heteroatoms. The smallest absolute Gasteiger partial charge is 0.246 e. The van der Waals surface area contributed by atoms with E-state index < -0.39 is 9.84 Å². The number of imidazole rings is 1. The average molecular weight is 455 g/mol. The summed E-state index contributed by atoms with van der Waals surface area (Å²) in [6, 6.07) is 15.3. The largest absolute Gasteiger partial charge is 0.305 e. The van der Waals surface area contributed by atoms with Crippen molar-refractivity contribution >= 4 is 43.2 Å². The Kier molecular flexibility index (Phi) is 5.88. The minimum absolute atomic E-state index is 0.129. The third-order valence-electron chi connectivity index (χ3n) is 4.79. The van der Waals surface area contributed by atoms with Gasteiger partial charge in [-0.3, -0.25) is 4.79 Å². The van der Waals surface area contributed by atoms with Gasteiger partial charge in [0.1, 0.15) is 6.54 Å². The Morgan fingerprint density at radius 3 is 2.55 bits per heavy atom. The highest BCUT2D eigenvalue weighted by atomic mass is 32.2. The van der Waals surface area contributed by atoms with Crippen LogP contribution in [-0.2, 0) is 27.6 Å². The van der Waals surface area contributed by atoms with Gasteiger partial charge in [0.2, 0.25) is 20.9 Å². The van der Waals surface area contributed by atoms with Crippen molar-refractivity contribution in [2.45, 2.75) is 31.5 Å². The van der Waals surface area contributed by atoms with Crippen LogP contribution in [-0.4, -0.2) is 35.1 Å². The summed E-state index contributed by atoms with van der Waals surface area (Å²) < 4.78 is 25.7. The Labute approximate surface area is 184 Å². The molecule has 0 spiro atoms. The van der Waals surface area contributed by atoms with Crippen LogP contribution in [0.1, 0.15) is 18.9 Å². The van der Waals surface area contributed by atoms with E-state index >= 15 is 0 Å². The molecule has 4 aromatic rings. The summed E-state index contributed by atoms with van der Waals surface area (Å²) in [5, 5.41) is 4.99. The number of carbonyl (C=O) groups is 1. The molecule has 2 aromatic carbocycles. The number of benzene rings is 2. The van der Waals surface area contributed by atoms with Gasteiger partial charge in [0.25, 0.3) is 0 Å². The Hall–Kier alpha value is -3.04. The molecule has 7 nitrogen and oxygen atoms in total. The van der Waals surface area contributed by atoms with Crippen molar-refractivity contribution in [3.05, 3.63) is 59.5 Å². The number of fused-ring (bicyclic) bond motifs is 1. The molecule has 1 N–H and O–H groups in total. The summed E-state index contributed by atoms with van der Waals surface area (Å²) in [6.45, 7) is 1.97. The van der Waals surface area contributed by atoms with Crippen LogP contribution in [0.3, 0.4) is 0 Å². The number of sulfone groups is 1. The molecular weight excluding hydrogens is 432 g/mol. The van der Waals surface area contributed by atoms with Gasteiger partial charge in [-0.2, -0.15) is 0 Å². The molecule has 0 atom stereocenters. The molecule has 31 heavy (non-hydrogen) atoms. The summed E-state index contributed by atoms with van der Waals surface area (Å²) >= 11 is 1.33. The van der Waals surface area contributed by atoms with E-state index in [4.69, 9.17) is 0 Å². The maximum Gasteiger partial charge on any atom is 0.246 e. The minimum atomic E-state index is -3.59. The van der Waals surface area contributed by atoms with E-state index in [1.807, 2.05) is 17.5 Å². The summed E-state index contributed by atoms with van der Waals surface area (Å²) in [6.07, 6.45) is 3.22. The first-order valence-corrected chi connectivity index (χ1v) is 12.6. The Balaban J connectivity index is 1.53. The molecule has 0 aliphatic rings. The third-order valence-corrected chi connectivity index (χ3v) is 6.52. The fraction of sp³-hybridized carbons (Fsp3) is 0.227. The first kappa shape index (κ1) is 21.2. The summed E-state index contributed by atoms with van der Waals surface area (Å²) in [4.78, 5) is 21.4. The number of hydrogen-bond acceptors (Lipinski definition) is 6. The second kappa shape index (κ2) is 8.60. The summed E-state index contributed by atoms with van der Waals surface area (Å²) in [5.41, 5.74) is 4.16. The quantitative estimate of drug-likeness (QED) is 0.453. The van der Waals surface area contributed by atoms with Crippen molar-refractivity contribution in [3.63, 3.8) is 0 Å². The van der Waals surface area contributed by atoms with E-state index in [0.717, 1.165) is 30.4 Å². The zero-order chi connectivity index (χ0) is 22.0. The van der Waals surface area contributed by atoms with Crippen LogP contribution in [0.5, 0.6) is 0 Å². The molecule has 0 aliphatic carbocycles. The Morgan fingerprint density at radius 2 is 1.84 bits per heavy atom. The van der Waals surface area contributed by atoms with E-state index in [0.29, 0.717) is 16.2 Å². The second-order valence-corrected chi connectivity index (χ2v) is 10.0. The van der Waals surface area contributed by atoms with Crippen LogP contribution in [0.15, 0.2) is 59.1 Å². The SMILES string of the molecule is CCCc1ccc(-c2csc(NC(=O)Cn3c(S(C)(=O)=O)nc4ccccc43)n2)cc1. The molecule has 0 bridgehead atoms. The molecule has 0 saturated heterocycles. The van der Waals surface area contributed by atoms with Gasteiger partial charge in [-0.1, -0.05) is 49.7 Å². The van der Waals surface area contributed by atoms with Crippen molar-refractivity contribution in [2.75, 3.05) is 11.6 Å². The Morgan fingerprint density at radius 1 is 1.10 bits per heavy atom. The van der Waals surface area contributed by atoms with Gasteiger partial charge in [-0.05, 0) is 24.1 Å². The van der Waals surface area contributed by atoms with Crippen molar-refractivity contribution in [2.24, 2.45) is 0 Å². The van der Waals surface area contributed by atoms with Crippen molar-refractivity contribution in [1.29, 1.82) is 0 Å². The molecule has 0 unspecified atom stereocenters. The number of nitrogens with zero attached hydrogens (tertiary/aromatic N) is 3. The van der Waals surface area contributed by atoms with Crippen LogP contribution in [0.2, 0.25) is 0 Å². The van der Waals surface area contributed by atoms with Gasteiger partial charge < -0.3 is 9.88 Å². The lowest BCUT2D eigenvalue weighted by atomic mass is 10.1. The van der Waals surface area contributed by atoms with Gasteiger partial charge in [0.05, 0.1) is 16.7 Å². The number of amides is 1. The third kappa shape index (κ3) is 4.67. The molecule has 2 aromatic heterocycles. The van der Waals surface area contributed by atoms with E-state index in [2.05, 4.69) is 34.3 Å². The number of thiazole rings is 1. The van der Waals surface area contributed by atoms with Gasteiger partial charge in [0.15, 0.2) is 5.13 Å². The second-order valence-electron chi connectivity index (χ2n) is 7.27. The number of hydrogen-bond donors (Lipinski definition) is 1. The number of nitrogens with one attached hydrogen (secondary N) is 1. The van der Waals surface area contributed by atoms with Crippen LogP contribution < -0.4 is 5.32 Å². The minimum Gasteiger partial charge on any atom is -0.305 e. The molecule has 2 heterocycles. The van der Waals surface area contributed by atoms with Crippen LogP contribution in [0, 0.1) is 0 Å². The summed E-state index contributed by atoms with van der Waals surface area (Å²) in [5.74, 6) is -0.368.